The van der Waals surface area contributed by atoms with Crippen LogP contribution in [0.4, 0.5) is 0 Å². The Balaban J connectivity index is 2.12. The van der Waals surface area contributed by atoms with Crippen molar-refractivity contribution in [2.75, 3.05) is 14.2 Å². The van der Waals surface area contributed by atoms with Crippen molar-refractivity contribution in [2.45, 2.75) is 6.54 Å². The topological polar surface area (TPSA) is 47.6 Å². The largest absolute Gasteiger partial charge is 0.497 e. The number of rotatable bonds is 5. The Morgan fingerprint density at radius 1 is 1.18 bits per heavy atom. The molecule has 4 nitrogen and oxygen atoms in total. The van der Waals surface area contributed by atoms with E-state index in [0.717, 1.165) is 9.13 Å². The fourth-order valence-electron chi connectivity index (χ4n) is 1.94. The Kier molecular flexibility index (Phi) is 5.90. The Bertz CT molecular complexity index is 691. The summed E-state index contributed by atoms with van der Waals surface area (Å²) in [4.78, 5) is 12.2. The minimum atomic E-state index is -0.221. The van der Waals surface area contributed by atoms with Crippen LogP contribution in [0.3, 0.4) is 0 Å². The van der Waals surface area contributed by atoms with Gasteiger partial charge in [0.2, 0.25) is 0 Å². The van der Waals surface area contributed by atoms with Crippen molar-refractivity contribution in [3.63, 3.8) is 0 Å². The van der Waals surface area contributed by atoms with E-state index in [4.69, 9.17) is 21.1 Å². The van der Waals surface area contributed by atoms with Gasteiger partial charge in [-0.2, -0.15) is 0 Å². The van der Waals surface area contributed by atoms with Crippen molar-refractivity contribution < 1.29 is 14.3 Å². The van der Waals surface area contributed by atoms with Crippen LogP contribution in [-0.2, 0) is 6.54 Å². The molecule has 0 heterocycles. The molecule has 0 spiro atoms. The summed E-state index contributed by atoms with van der Waals surface area (Å²) in [6.07, 6.45) is 0. The molecule has 0 aliphatic heterocycles. The lowest BCUT2D eigenvalue weighted by molar-refractivity contribution is 0.0951. The van der Waals surface area contributed by atoms with Crippen molar-refractivity contribution in [3.8, 4) is 11.5 Å². The third kappa shape index (κ3) is 4.04. The van der Waals surface area contributed by atoms with Gasteiger partial charge in [-0.1, -0.05) is 11.6 Å². The van der Waals surface area contributed by atoms with Crippen LogP contribution in [0.15, 0.2) is 36.4 Å². The fraction of sp³-hybridized carbons (Fsp3) is 0.188. The summed E-state index contributed by atoms with van der Waals surface area (Å²) in [6, 6.07) is 10.8. The first-order chi connectivity index (χ1) is 10.5. The number of carbonyl (C=O) groups excluding carboxylic acids is 1. The molecular formula is C16H15ClINO3. The zero-order valence-corrected chi connectivity index (χ0v) is 15.1. The molecule has 1 N–H and O–H groups in total. The number of hydrogen-bond acceptors (Lipinski definition) is 3. The minimum absolute atomic E-state index is 0.221. The van der Waals surface area contributed by atoms with Crippen molar-refractivity contribution in [1.29, 1.82) is 0 Å². The molecule has 0 saturated heterocycles. The zero-order chi connectivity index (χ0) is 16.1. The summed E-state index contributed by atoms with van der Waals surface area (Å²) in [6.45, 7) is 0.341. The molecule has 0 radical (unpaired) electrons. The highest BCUT2D eigenvalue weighted by Gasteiger charge is 2.12. The van der Waals surface area contributed by atoms with Crippen molar-refractivity contribution >= 4 is 40.1 Å². The number of methoxy groups -OCH3 is 2. The lowest BCUT2D eigenvalue weighted by atomic mass is 10.1. The molecule has 0 saturated carbocycles. The highest BCUT2D eigenvalue weighted by molar-refractivity contribution is 14.1. The van der Waals surface area contributed by atoms with Crippen LogP contribution < -0.4 is 14.8 Å². The first kappa shape index (κ1) is 16.9. The van der Waals surface area contributed by atoms with Crippen LogP contribution >= 0.6 is 34.2 Å². The molecule has 2 aromatic carbocycles. The number of ether oxygens (including phenoxy) is 2. The third-order valence-corrected chi connectivity index (χ3v) is 4.11. The number of carbonyl (C=O) groups is 1. The van der Waals surface area contributed by atoms with E-state index in [1.165, 1.54) is 0 Å². The van der Waals surface area contributed by atoms with Crippen LogP contribution in [0.5, 0.6) is 11.5 Å². The van der Waals surface area contributed by atoms with Crippen molar-refractivity contribution in [2.24, 2.45) is 0 Å². The van der Waals surface area contributed by atoms with E-state index >= 15 is 0 Å². The summed E-state index contributed by atoms with van der Waals surface area (Å²) in [5.41, 5.74) is 1.32. The molecule has 0 aliphatic carbocycles. The monoisotopic (exact) mass is 431 g/mol. The lowest BCUT2D eigenvalue weighted by Gasteiger charge is -2.12. The Hall–Kier alpha value is -1.47. The number of halogens is 2. The van der Waals surface area contributed by atoms with Crippen LogP contribution in [-0.4, -0.2) is 20.1 Å². The number of benzene rings is 2. The number of amides is 1. The standard InChI is InChI=1S/C16H15ClINO3/c1-21-12-5-3-10(15(8-12)22-2)9-19-16(20)13-7-11(18)4-6-14(13)17/h3-8H,9H2,1-2H3,(H,19,20). The first-order valence-corrected chi connectivity index (χ1v) is 7.95. The SMILES string of the molecule is COc1ccc(CNC(=O)c2cc(I)ccc2Cl)c(OC)c1. The second kappa shape index (κ2) is 7.69. The third-order valence-electron chi connectivity index (χ3n) is 3.11. The second-order valence-electron chi connectivity index (χ2n) is 4.48. The summed E-state index contributed by atoms with van der Waals surface area (Å²) < 4.78 is 11.4. The molecule has 6 heteroatoms. The van der Waals surface area contributed by atoms with Gasteiger partial charge in [0.1, 0.15) is 11.5 Å². The van der Waals surface area contributed by atoms with Crippen LogP contribution in [0.1, 0.15) is 15.9 Å². The minimum Gasteiger partial charge on any atom is -0.497 e. The highest BCUT2D eigenvalue weighted by atomic mass is 127. The summed E-state index contributed by atoms with van der Waals surface area (Å²) >= 11 is 8.21. The molecule has 0 unspecified atom stereocenters. The van der Waals surface area contributed by atoms with Gasteiger partial charge in [-0.25, -0.2) is 0 Å². The quantitative estimate of drug-likeness (QED) is 0.731. The van der Waals surface area contributed by atoms with Gasteiger partial charge >= 0.3 is 0 Å². The number of hydrogen-bond donors (Lipinski definition) is 1. The normalized spacial score (nSPS) is 10.2. The molecule has 2 rings (SSSR count). The predicted molar refractivity (Wildman–Crippen MR) is 94.9 cm³/mol. The lowest BCUT2D eigenvalue weighted by Crippen LogP contribution is -2.23. The molecule has 0 aromatic heterocycles. The van der Waals surface area contributed by atoms with Gasteiger partial charge in [-0.05, 0) is 52.9 Å². The number of nitrogens with one attached hydrogen (secondary N) is 1. The smallest absolute Gasteiger partial charge is 0.253 e. The van der Waals surface area contributed by atoms with E-state index in [2.05, 4.69) is 27.9 Å². The van der Waals surface area contributed by atoms with Gasteiger partial charge in [0.25, 0.3) is 5.91 Å². The molecule has 1 amide bonds. The summed E-state index contributed by atoms with van der Waals surface area (Å²) in [5.74, 6) is 1.14. The molecule has 22 heavy (non-hydrogen) atoms. The van der Waals surface area contributed by atoms with E-state index in [0.29, 0.717) is 28.6 Å². The van der Waals surface area contributed by atoms with Gasteiger partial charge in [-0.15, -0.1) is 0 Å². The summed E-state index contributed by atoms with van der Waals surface area (Å²) in [7, 11) is 3.17. The maximum absolute atomic E-state index is 12.2. The van der Waals surface area contributed by atoms with Crippen molar-refractivity contribution in [3.05, 3.63) is 56.1 Å². The first-order valence-electron chi connectivity index (χ1n) is 6.49. The van der Waals surface area contributed by atoms with Crippen LogP contribution in [0.2, 0.25) is 5.02 Å². The molecule has 0 aliphatic rings. The molecule has 0 atom stereocenters. The van der Waals surface area contributed by atoms with Crippen molar-refractivity contribution in [1.82, 2.24) is 5.32 Å². The molecule has 2 aromatic rings. The second-order valence-corrected chi connectivity index (χ2v) is 6.14. The molecule has 0 fully saturated rings. The molecular weight excluding hydrogens is 417 g/mol. The predicted octanol–water partition coefficient (Wildman–Crippen LogP) is 3.89. The van der Waals surface area contributed by atoms with Gasteiger partial charge in [0.15, 0.2) is 0 Å². The van der Waals surface area contributed by atoms with Crippen LogP contribution in [0.25, 0.3) is 0 Å². The van der Waals surface area contributed by atoms with E-state index < -0.39 is 0 Å². The maximum Gasteiger partial charge on any atom is 0.253 e. The Morgan fingerprint density at radius 3 is 2.64 bits per heavy atom. The highest BCUT2D eigenvalue weighted by Crippen LogP contribution is 2.25. The fourth-order valence-corrected chi connectivity index (χ4v) is 2.63. The molecule has 116 valence electrons. The Labute approximate surface area is 147 Å². The van der Waals surface area contributed by atoms with E-state index in [-0.39, 0.29) is 5.91 Å². The van der Waals surface area contributed by atoms with Crippen LogP contribution in [0, 0.1) is 3.57 Å². The zero-order valence-electron chi connectivity index (χ0n) is 12.2. The van der Waals surface area contributed by atoms with Gasteiger partial charge in [0, 0.05) is 21.7 Å². The molecule has 0 bridgehead atoms. The van der Waals surface area contributed by atoms with Gasteiger partial charge < -0.3 is 14.8 Å². The Morgan fingerprint density at radius 2 is 1.95 bits per heavy atom. The average Bonchev–Trinajstić information content (AvgIpc) is 2.54. The van der Waals surface area contributed by atoms with Gasteiger partial charge in [-0.3, -0.25) is 4.79 Å². The van der Waals surface area contributed by atoms with E-state index in [1.807, 2.05) is 18.2 Å². The van der Waals surface area contributed by atoms with E-state index in [1.54, 1.807) is 32.4 Å². The van der Waals surface area contributed by atoms with E-state index in [9.17, 15) is 4.79 Å². The van der Waals surface area contributed by atoms with Gasteiger partial charge in [0.05, 0.1) is 24.8 Å². The summed E-state index contributed by atoms with van der Waals surface area (Å²) in [5, 5.41) is 3.28. The maximum atomic E-state index is 12.2. The average molecular weight is 432 g/mol.